The zero-order valence-corrected chi connectivity index (χ0v) is 33.0. The highest BCUT2D eigenvalue weighted by Crippen LogP contribution is 2.13. The third-order valence-electron chi connectivity index (χ3n) is 7.99. The van der Waals surface area contributed by atoms with Gasteiger partial charge in [0.05, 0.1) is 6.42 Å². The van der Waals surface area contributed by atoms with Gasteiger partial charge in [-0.25, -0.2) is 0 Å². The van der Waals surface area contributed by atoms with Crippen molar-refractivity contribution in [2.24, 2.45) is 0 Å². The Kier molecular flexibility index (Phi) is 37.3. The lowest BCUT2D eigenvalue weighted by molar-refractivity contribution is -0.166. The molecule has 0 aromatic carbocycles. The standard InChI is InChI=1S/C46H72O6/c1-4-7-10-13-16-19-21-23-25-27-30-33-36-39-45(48)51-42-43(41-50-44(47)38-35-32-29-26-18-15-12-9-6-3)52-46(49)40-37-34-31-28-24-22-20-17-14-11-8-5-2/h7,9-10,12-13,16,18-19,21,23,25-27,30,32,35,43H,4-6,8,11,14-15,17,20,22,24,28-29,31,33-34,36-42H2,1-3H3/b10-7-,12-9-,16-13-,21-19-,25-23-,26-18-,30-27-,35-32-. The van der Waals surface area contributed by atoms with E-state index >= 15 is 0 Å². The number of rotatable bonds is 34. The SMILES string of the molecule is CC\C=C/C=C\C=C/C=C\C=C/CCCC(=O)OCC(COC(=O)C/C=C\C/C=C\C/C=C\CC)OC(=O)CCCCCCCCCCCCCC. The third-order valence-corrected chi connectivity index (χ3v) is 7.99. The molecule has 0 aromatic heterocycles. The second-order valence-corrected chi connectivity index (χ2v) is 12.9. The minimum absolute atomic E-state index is 0.121. The molecular formula is C46H72O6. The van der Waals surface area contributed by atoms with E-state index < -0.39 is 12.1 Å². The second-order valence-electron chi connectivity index (χ2n) is 12.9. The molecule has 0 N–H and O–H groups in total. The Balaban J connectivity index is 4.59. The molecule has 0 saturated heterocycles. The van der Waals surface area contributed by atoms with Crippen LogP contribution >= 0.6 is 0 Å². The quantitative estimate of drug-likeness (QED) is 0.0216. The lowest BCUT2D eigenvalue weighted by Crippen LogP contribution is -2.30. The summed E-state index contributed by atoms with van der Waals surface area (Å²) in [6.07, 6.45) is 51.5. The van der Waals surface area contributed by atoms with Gasteiger partial charge in [0.2, 0.25) is 0 Å². The largest absolute Gasteiger partial charge is 0.462 e. The van der Waals surface area contributed by atoms with Crippen LogP contribution in [0.3, 0.4) is 0 Å². The summed E-state index contributed by atoms with van der Waals surface area (Å²) in [5.74, 6) is -1.15. The van der Waals surface area contributed by atoms with Crippen molar-refractivity contribution in [3.05, 3.63) is 97.2 Å². The molecule has 0 aliphatic carbocycles. The van der Waals surface area contributed by atoms with E-state index in [1.807, 2.05) is 60.8 Å². The first-order valence-corrected chi connectivity index (χ1v) is 20.3. The van der Waals surface area contributed by atoms with Crippen molar-refractivity contribution in [2.45, 2.75) is 162 Å². The second kappa shape index (κ2) is 40.1. The maximum Gasteiger partial charge on any atom is 0.309 e. The number of hydrogen-bond donors (Lipinski definition) is 0. The minimum atomic E-state index is -0.837. The smallest absolute Gasteiger partial charge is 0.309 e. The highest BCUT2D eigenvalue weighted by atomic mass is 16.6. The minimum Gasteiger partial charge on any atom is -0.462 e. The summed E-state index contributed by atoms with van der Waals surface area (Å²) in [5.41, 5.74) is 0. The molecular weight excluding hydrogens is 648 g/mol. The van der Waals surface area contributed by atoms with Gasteiger partial charge in [0, 0.05) is 12.8 Å². The van der Waals surface area contributed by atoms with Crippen molar-refractivity contribution < 1.29 is 28.6 Å². The third kappa shape index (κ3) is 37.6. The van der Waals surface area contributed by atoms with Crippen molar-refractivity contribution in [3.8, 4) is 0 Å². The fourth-order valence-corrected chi connectivity index (χ4v) is 5.00. The Hall–Kier alpha value is -3.67. The van der Waals surface area contributed by atoms with Gasteiger partial charge in [-0.2, -0.15) is 0 Å². The first-order chi connectivity index (χ1) is 25.5. The zero-order valence-electron chi connectivity index (χ0n) is 33.0. The zero-order chi connectivity index (χ0) is 38.0. The Morgan fingerprint density at radius 3 is 1.48 bits per heavy atom. The maximum absolute atomic E-state index is 12.6. The molecule has 1 atom stereocenters. The van der Waals surface area contributed by atoms with Gasteiger partial charge >= 0.3 is 17.9 Å². The fraction of sp³-hybridized carbons (Fsp3) is 0.587. The van der Waals surface area contributed by atoms with Crippen LogP contribution in [0.1, 0.15) is 156 Å². The maximum atomic E-state index is 12.6. The molecule has 0 aliphatic rings. The molecule has 0 rings (SSSR count). The number of ether oxygens (including phenoxy) is 3. The molecule has 0 heterocycles. The number of carbonyl (C=O) groups excluding carboxylic acids is 3. The van der Waals surface area contributed by atoms with E-state index in [-0.39, 0.29) is 38.0 Å². The molecule has 1 unspecified atom stereocenters. The Morgan fingerprint density at radius 2 is 0.904 bits per heavy atom. The summed E-state index contributed by atoms with van der Waals surface area (Å²) in [6.45, 7) is 6.16. The summed E-state index contributed by atoms with van der Waals surface area (Å²) in [6, 6.07) is 0. The van der Waals surface area contributed by atoms with E-state index in [1.54, 1.807) is 6.08 Å². The van der Waals surface area contributed by atoms with E-state index in [2.05, 4.69) is 51.2 Å². The molecule has 6 heteroatoms. The molecule has 0 bridgehead atoms. The topological polar surface area (TPSA) is 78.9 Å². The predicted octanol–water partition coefficient (Wildman–Crippen LogP) is 12.7. The molecule has 0 radical (unpaired) electrons. The number of carbonyl (C=O) groups is 3. The van der Waals surface area contributed by atoms with Crippen molar-refractivity contribution in [2.75, 3.05) is 13.2 Å². The normalized spacial score (nSPS) is 13.1. The van der Waals surface area contributed by atoms with Gasteiger partial charge < -0.3 is 14.2 Å². The first-order valence-electron chi connectivity index (χ1n) is 20.3. The molecule has 0 spiro atoms. The molecule has 6 nitrogen and oxygen atoms in total. The molecule has 52 heavy (non-hydrogen) atoms. The highest BCUT2D eigenvalue weighted by molar-refractivity contribution is 5.72. The van der Waals surface area contributed by atoms with Gasteiger partial charge in [0.1, 0.15) is 13.2 Å². The van der Waals surface area contributed by atoms with Crippen LogP contribution in [0.5, 0.6) is 0 Å². The average Bonchev–Trinajstić information content (AvgIpc) is 3.14. The van der Waals surface area contributed by atoms with Gasteiger partial charge in [-0.1, -0.05) is 189 Å². The predicted molar refractivity (Wildman–Crippen MR) is 219 cm³/mol. The summed E-state index contributed by atoms with van der Waals surface area (Å²) in [7, 11) is 0. The van der Waals surface area contributed by atoms with Crippen molar-refractivity contribution in [1.29, 1.82) is 0 Å². The molecule has 292 valence electrons. The van der Waals surface area contributed by atoms with Gasteiger partial charge in [0.25, 0.3) is 0 Å². The summed E-state index contributed by atoms with van der Waals surface area (Å²) in [5, 5.41) is 0. The lowest BCUT2D eigenvalue weighted by atomic mass is 10.0. The Labute approximate surface area is 317 Å². The van der Waals surface area contributed by atoms with Crippen LogP contribution in [0.2, 0.25) is 0 Å². The number of hydrogen-bond acceptors (Lipinski definition) is 6. The van der Waals surface area contributed by atoms with E-state index in [1.165, 1.54) is 57.8 Å². The summed E-state index contributed by atoms with van der Waals surface area (Å²) < 4.78 is 16.4. The Bertz CT molecular complexity index is 1100. The molecule has 0 aromatic rings. The van der Waals surface area contributed by atoms with Crippen LogP contribution in [0.4, 0.5) is 0 Å². The van der Waals surface area contributed by atoms with Crippen molar-refractivity contribution in [3.63, 3.8) is 0 Å². The summed E-state index contributed by atoms with van der Waals surface area (Å²) in [4.78, 5) is 37.4. The Morgan fingerprint density at radius 1 is 0.442 bits per heavy atom. The van der Waals surface area contributed by atoms with Crippen LogP contribution in [0.15, 0.2) is 97.2 Å². The van der Waals surface area contributed by atoms with Crippen LogP contribution in [-0.2, 0) is 28.6 Å². The van der Waals surface area contributed by atoms with Crippen molar-refractivity contribution >= 4 is 17.9 Å². The van der Waals surface area contributed by atoms with E-state index in [9.17, 15) is 14.4 Å². The van der Waals surface area contributed by atoms with E-state index in [0.29, 0.717) is 12.8 Å². The average molecular weight is 721 g/mol. The fourth-order valence-electron chi connectivity index (χ4n) is 5.00. The lowest BCUT2D eigenvalue weighted by Gasteiger charge is -2.18. The summed E-state index contributed by atoms with van der Waals surface area (Å²) >= 11 is 0. The highest BCUT2D eigenvalue weighted by Gasteiger charge is 2.19. The van der Waals surface area contributed by atoms with E-state index in [4.69, 9.17) is 14.2 Å². The molecule has 0 amide bonds. The van der Waals surface area contributed by atoms with Gasteiger partial charge in [-0.15, -0.1) is 0 Å². The van der Waals surface area contributed by atoms with Crippen molar-refractivity contribution in [1.82, 2.24) is 0 Å². The monoisotopic (exact) mass is 721 g/mol. The van der Waals surface area contributed by atoms with Crippen LogP contribution in [-0.4, -0.2) is 37.2 Å². The van der Waals surface area contributed by atoms with Crippen LogP contribution in [0, 0.1) is 0 Å². The number of esters is 3. The first kappa shape index (κ1) is 48.3. The van der Waals surface area contributed by atoms with Gasteiger partial charge in [-0.05, 0) is 44.9 Å². The number of unbranched alkanes of at least 4 members (excludes halogenated alkanes) is 12. The number of allylic oxidation sites excluding steroid dienone is 15. The van der Waals surface area contributed by atoms with Gasteiger partial charge in [-0.3, -0.25) is 14.4 Å². The van der Waals surface area contributed by atoms with Crippen LogP contribution < -0.4 is 0 Å². The van der Waals surface area contributed by atoms with E-state index in [0.717, 1.165) is 51.4 Å². The van der Waals surface area contributed by atoms with Gasteiger partial charge in [0.15, 0.2) is 6.10 Å². The van der Waals surface area contributed by atoms with Crippen LogP contribution in [0.25, 0.3) is 0 Å². The molecule has 0 saturated carbocycles. The molecule has 0 fully saturated rings. The molecule has 0 aliphatic heterocycles.